The van der Waals surface area contributed by atoms with Gasteiger partial charge in [0.2, 0.25) is 5.54 Å². The third kappa shape index (κ3) is 5.41. The van der Waals surface area contributed by atoms with Gasteiger partial charge in [0, 0.05) is 41.8 Å². The van der Waals surface area contributed by atoms with Crippen LogP contribution < -0.4 is 0 Å². The van der Waals surface area contributed by atoms with Crippen molar-refractivity contribution in [1.82, 2.24) is 15.0 Å². The number of carboxylic acid groups (broad SMARTS) is 1. The number of nitrogens with zero attached hydrogens (tertiary/aromatic N) is 3. The van der Waals surface area contributed by atoms with Crippen LogP contribution in [-0.2, 0) is 26.9 Å². The Bertz CT molecular complexity index is 948. The van der Waals surface area contributed by atoms with E-state index in [-0.39, 0.29) is 22.5 Å². The standard InChI is InChI=1S/C15H17F2N4O7P/c1-8-12(22)11(9(3-19-8)6-28-29(25,26)27)5-21-15(13(16)17,14(23)24)2-10-4-18-7-20-10/h3-5,7,13,22H,2,6H2,1H3,(H,18,20)(H,23,24)(H2,25,26,27). The fraction of sp³-hybridized carbons (Fsp3) is 0.333. The zero-order chi connectivity index (χ0) is 21.8. The van der Waals surface area contributed by atoms with Gasteiger partial charge >= 0.3 is 13.8 Å². The molecule has 0 fully saturated rings. The van der Waals surface area contributed by atoms with E-state index < -0.39 is 44.5 Å². The largest absolute Gasteiger partial charge is 0.505 e. The van der Waals surface area contributed by atoms with Crippen LogP contribution in [0.4, 0.5) is 8.78 Å². The van der Waals surface area contributed by atoms with Gasteiger partial charge in [-0.2, -0.15) is 0 Å². The molecule has 0 saturated heterocycles. The molecule has 11 nitrogen and oxygen atoms in total. The van der Waals surface area contributed by atoms with Crippen molar-refractivity contribution in [2.45, 2.75) is 31.9 Å². The fourth-order valence-corrected chi connectivity index (χ4v) is 2.63. The first-order valence-electron chi connectivity index (χ1n) is 7.88. The highest BCUT2D eigenvalue weighted by molar-refractivity contribution is 7.46. The van der Waals surface area contributed by atoms with Crippen LogP contribution in [0.25, 0.3) is 0 Å². The summed E-state index contributed by atoms with van der Waals surface area (Å²) >= 11 is 0. The number of nitrogens with one attached hydrogen (secondary N) is 1. The molecule has 2 heterocycles. The summed E-state index contributed by atoms with van der Waals surface area (Å²) in [6.45, 7) is 0.643. The summed E-state index contributed by atoms with van der Waals surface area (Å²) in [6, 6.07) is 0. The van der Waals surface area contributed by atoms with Crippen LogP contribution in [0.2, 0.25) is 0 Å². The smallest absolute Gasteiger partial charge is 0.469 e. The number of hydrogen-bond acceptors (Lipinski definition) is 7. The lowest BCUT2D eigenvalue weighted by Crippen LogP contribution is -2.46. The minimum Gasteiger partial charge on any atom is -0.505 e. The number of aromatic nitrogens is 3. The summed E-state index contributed by atoms with van der Waals surface area (Å²) in [4.78, 5) is 42.8. The van der Waals surface area contributed by atoms with Crippen LogP contribution in [0.5, 0.6) is 5.75 Å². The molecule has 0 aliphatic carbocycles. The van der Waals surface area contributed by atoms with Gasteiger partial charge < -0.3 is 25.0 Å². The van der Waals surface area contributed by atoms with E-state index in [1.807, 2.05) is 0 Å². The van der Waals surface area contributed by atoms with E-state index in [0.29, 0.717) is 6.21 Å². The average molecular weight is 434 g/mol. The SMILES string of the molecule is Cc1ncc(COP(=O)(O)O)c(C=NC(Cc2cnc[nH]2)(C(=O)O)C(F)F)c1O. The molecule has 5 N–H and O–H groups in total. The molecule has 0 aromatic carbocycles. The van der Waals surface area contributed by atoms with Crippen LogP contribution >= 0.6 is 7.82 Å². The Morgan fingerprint density at radius 1 is 1.45 bits per heavy atom. The number of halogens is 2. The lowest BCUT2D eigenvalue weighted by atomic mass is 9.94. The van der Waals surface area contributed by atoms with Crippen LogP contribution in [-0.4, -0.2) is 59.1 Å². The van der Waals surface area contributed by atoms with Gasteiger partial charge in [0.25, 0.3) is 6.43 Å². The molecule has 158 valence electrons. The lowest BCUT2D eigenvalue weighted by molar-refractivity contribution is -0.149. The number of H-pyrrole nitrogens is 1. The molecule has 2 rings (SSSR count). The zero-order valence-corrected chi connectivity index (χ0v) is 15.8. The van der Waals surface area contributed by atoms with Gasteiger partial charge in [-0.3, -0.25) is 14.5 Å². The molecular weight excluding hydrogens is 417 g/mol. The zero-order valence-electron chi connectivity index (χ0n) is 14.9. The molecule has 0 radical (unpaired) electrons. The van der Waals surface area contributed by atoms with E-state index in [1.54, 1.807) is 0 Å². The fourth-order valence-electron chi connectivity index (χ4n) is 2.32. The third-order valence-electron chi connectivity index (χ3n) is 3.92. The quantitative estimate of drug-likeness (QED) is 0.286. The maximum atomic E-state index is 13.8. The Morgan fingerprint density at radius 3 is 2.66 bits per heavy atom. The molecule has 1 atom stereocenters. The Kier molecular flexibility index (Phi) is 6.80. The van der Waals surface area contributed by atoms with E-state index in [1.165, 1.54) is 19.4 Å². The van der Waals surface area contributed by atoms with Crippen molar-refractivity contribution in [3.05, 3.63) is 41.2 Å². The van der Waals surface area contributed by atoms with E-state index in [0.717, 1.165) is 6.20 Å². The molecule has 2 aromatic rings. The Hall–Kier alpha value is -2.73. The number of aromatic amines is 1. The molecule has 0 aliphatic rings. The van der Waals surface area contributed by atoms with Gasteiger partial charge in [0.1, 0.15) is 5.75 Å². The molecule has 2 aromatic heterocycles. The van der Waals surface area contributed by atoms with Crippen molar-refractivity contribution in [3.8, 4) is 5.75 Å². The summed E-state index contributed by atoms with van der Waals surface area (Å²) < 4.78 is 42.8. The minimum atomic E-state index is -4.88. The summed E-state index contributed by atoms with van der Waals surface area (Å²) in [7, 11) is -4.88. The lowest BCUT2D eigenvalue weighted by Gasteiger charge is -2.24. The van der Waals surface area contributed by atoms with E-state index in [2.05, 4.69) is 24.5 Å². The molecule has 0 amide bonds. The molecular formula is C15H17F2N4O7P. The van der Waals surface area contributed by atoms with Crippen molar-refractivity contribution < 1.29 is 42.7 Å². The van der Waals surface area contributed by atoms with Gasteiger partial charge in [-0.05, 0) is 6.92 Å². The maximum absolute atomic E-state index is 13.8. The van der Waals surface area contributed by atoms with Gasteiger partial charge in [0.05, 0.1) is 18.6 Å². The second-order valence-corrected chi connectivity index (χ2v) is 7.18. The number of carboxylic acids is 1. The Balaban J connectivity index is 2.50. The molecule has 0 bridgehead atoms. The number of carbonyl (C=O) groups is 1. The predicted octanol–water partition coefficient (Wildman–Crippen LogP) is 1.18. The van der Waals surface area contributed by atoms with Gasteiger partial charge in [-0.25, -0.2) is 23.1 Å². The number of phosphoric acid groups is 1. The van der Waals surface area contributed by atoms with Crippen molar-refractivity contribution >= 4 is 20.0 Å². The number of alkyl halides is 2. The summed E-state index contributed by atoms with van der Waals surface area (Å²) in [5.41, 5.74) is -3.13. The van der Waals surface area contributed by atoms with Crippen molar-refractivity contribution in [2.24, 2.45) is 4.99 Å². The summed E-state index contributed by atoms with van der Waals surface area (Å²) in [5, 5.41) is 19.6. The van der Waals surface area contributed by atoms with Gasteiger partial charge in [-0.1, -0.05) is 0 Å². The molecule has 29 heavy (non-hydrogen) atoms. The van der Waals surface area contributed by atoms with Crippen molar-refractivity contribution in [2.75, 3.05) is 0 Å². The number of aromatic hydroxyl groups is 1. The molecule has 0 saturated carbocycles. The van der Waals surface area contributed by atoms with Gasteiger partial charge in [0.15, 0.2) is 0 Å². The number of aliphatic imine (C=N–C) groups is 1. The van der Waals surface area contributed by atoms with Crippen molar-refractivity contribution in [3.63, 3.8) is 0 Å². The first kappa shape index (κ1) is 22.6. The number of pyridine rings is 1. The topological polar surface area (TPSA) is 178 Å². The maximum Gasteiger partial charge on any atom is 0.469 e. The van der Waals surface area contributed by atoms with Gasteiger partial charge in [-0.15, -0.1) is 0 Å². The second-order valence-electron chi connectivity index (χ2n) is 5.94. The van der Waals surface area contributed by atoms with Crippen LogP contribution in [0.1, 0.15) is 22.5 Å². The number of imidazole rings is 1. The normalized spacial score (nSPS) is 14.4. The molecule has 1 unspecified atom stereocenters. The number of rotatable bonds is 9. The first-order chi connectivity index (χ1) is 13.5. The minimum absolute atomic E-state index is 0.0536. The number of hydrogen-bond donors (Lipinski definition) is 5. The third-order valence-corrected chi connectivity index (χ3v) is 4.38. The highest BCUT2D eigenvalue weighted by atomic mass is 31.2. The molecule has 0 spiro atoms. The predicted molar refractivity (Wildman–Crippen MR) is 93.7 cm³/mol. The summed E-state index contributed by atoms with van der Waals surface area (Å²) in [6.07, 6.45) is -0.0183. The van der Waals surface area contributed by atoms with Crippen LogP contribution in [0, 0.1) is 6.92 Å². The Labute approximate surface area is 162 Å². The first-order valence-corrected chi connectivity index (χ1v) is 9.41. The number of aryl methyl sites for hydroxylation is 1. The van der Waals surface area contributed by atoms with E-state index in [4.69, 9.17) is 9.79 Å². The van der Waals surface area contributed by atoms with Crippen LogP contribution in [0.3, 0.4) is 0 Å². The van der Waals surface area contributed by atoms with E-state index in [9.17, 15) is 28.4 Å². The monoisotopic (exact) mass is 434 g/mol. The number of aliphatic carboxylic acids is 1. The summed E-state index contributed by atoms with van der Waals surface area (Å²) in [5.74, 6) is -2.45. The average Bonchev–Trinajstić information content (AvgIpc) is 3.12. The highest BCUT2D eigenvalue weighted by Gasteiger charge is 2.48. The molecule has 0 aliphatic heterocycles. The number of phosphoric ester groups is 1. The highest BCUT2D eigenvalue weighted by Crippen LogP contribution is 2.38. The van der Waals surface area contributed by atoms with Crippen molar-refractivity contribution in [1.29, 1.82) is 0 Å². The Morgan fingerprint density at radius 2 is 2.14 bits per heavy atom. The molecule has 14 heteroatoms. The van der Waals surface area contributed by atoms with E-state index >= 15 is 0 Å². The second kappa shape index (κ2) is 8.74. The van der Waals surface area contributed by atoms with Crippen LogP contribution in [0.15, 0.2) is 23.7 Å².